The van der Waals surface area contributed by atoms with Gasteiger partial charge in [0.2, 0.25) is 0 Å². The molecule has 0 aliphatic rings. The second kappa shape index (κ2) is 26.5. The largest absolute Gasteiger partial charge is 0.372 e. The highest BCUT2D eigenvalue weighted by Gasteiger charge is 2.33. The van der Waals surface area contributed by atoms with Crippen molar-refractivity contribution in [1.82, 2.24) is 0 Å². The van der Waals surface area contributed by atoms with Gasteiger partial charge < -0.3 is 0 Å². The van der Waals surface area contributed by atoms with Crippen molar-refractivity contribution >= 4 is 56.0 Å². The molecule has 4 heteroatoms. The summed E-state index contributed by atoms with van der Waals surface area (Å²) in [5, 5.41) is 0. The normalized spacial score (nSPS) is 11.1. The topological polar surface area (TPSA) is 0 Å². The molecule has 0 amide bonds. The van der Waals surface area contributed by atoms with Crippen LogP contribution in [0.25, 0.3) is 0 Å². The Labute approximate surface area is 416 Å². The van der Waals surface area contributed by atoms with Gasteiger partial charge in [-0.1, -0.05) is 276 Å². The van der Waals surface area contributed by atoms with Crippen LogP contribution in [-0.2, 0) is 10.9 Å². The average Bonchev–Trinajstić information content (AvgIpc) is 3.42. The third-order valence-corrected chi connectivity index (χ3v) is 19.7. The molecule has 0 bridgehead atoms. The van der Waals surface area contributed by atoms with Crippen LogP contribution in [0, 0.1) is 3.57 Å². The zero-order valence-corrected chi connectivity index (χ0v) is 42.3. The summed E-state index contributed by atoms with van der Waals surface area (Å²) in [6.45, 7) is 4.56. The molecule has 0 unspecified atom stereocenters. The lowest BCUT2D eigenvalue weighted by atomic mass is 9.14. The van der Waals surface area contributed by atoms with Crippen molar-refractivity contribution < 1.29 is 21.2 Å². The number of unbranched alkanes of at least 4 members (excludes halogenated alkanes) is 2. The van der Waals surface area contributed by atoms with Gasteiger partial charge in [-0.2, -0.15) is 45.4 Å². The van der Waals surface area contributed by atoms with Crippen molar-refractivity contribution in [3.63, 3.8) is 0 Å². The lowest BCUT2D eigenvalue weighted by Gasteiger charge is -2.43. The number of benzene rings is 9. The van der Waals surface area contributed by atoms with Gasteiger partial charge in [0.05, 0.1) is 12.3 Å². The molecule has 0 radical (unpaired) electrons. The minimum atomic E-state index is -0.913. The molecule has 9 aromatic rings. The SMILES string of the molecule is CCCC[B-](c1ccccc1)(c1ccccc1)c1ccccc1.CCCC[B-](c1ccccc1)(c1ccccc1)c1ccccc1.c1ccc([I+]C[S+](c2ccccc2)c2ccccc2)cc1. The maximum absolute atomic E-state index is 2.30. The van der Waals surface area contributed by atoms with Crippen molar-refractivity contribution in [2.24, 2.45) is 0 Å². The van der Waals surface area contributed by atoms with E-state index in [1.165, 1.54) is 88.2 Å². The van der Waals surface area contributed by atoms with Gasteiger partial charge in [-0.15, -0.1) is 0 Å². The second-order valence-corrected chi connectivity index (χ2v) is 23.2. The van der Waals surface area contributed by atoms with E-state index < -0.39 is 12.3 Å². The van der Waals surface area contributed by atoms with Crippen molar-refractivity contribution in [2.45, 2.75) is 62.0 Å². The first-order chi connectivity index (χ1) is 33.2. The molecule has 0 saturated heterocycles. The first-order valence-electron chi connectivity index (χ1n) is 24.3. The summed E-state index contributed by atoms with van der Waals surface area (Å²) in [7, 11) is 0.197. The van der Waals surface area contributed by atoms with Gasteiger partial charge in [0.1, 0.15) is 10.9 Å². The van der Waals surface area contributed by atoms with Gasteiger partial charge >= 0.3 is 25.0 Å². The third-order valence-electron chi connectivity index (χ3n) is 13.3. The van der Waals surface area contributed by atoms with Gasteiger partial charge in [-0.25, -0.2) is 0 Å². The van der Waals surface area contributed by atoms with Crippen LogP contribution >= 0.6 is 0 Å². The predicted molar refractivity (Wildman–Crippen MR) is 294 cm³/mol. The Hall–Kier alpha value is -5.81. The fraction of sp³-hybridized carbons (Fsp3) is 0.143. The Morgan fingerprint density at radius 1 is 0.299 bits per heavy atom. The Morgan fingerprint density at radius 2 is 0.522 bits per heavy atom. The molecular formula is C63H65B2IS. The van der Waals surface area contributed by atoms with Crippen LogP contribution in [0.4, 0.5) is 0 Å². The zero-order chi connectivity index (χ0) is 46.3. The molecule has 0 N–H and O–H groups in total. The van der Waals surface area contributed by atoms with Crippen molar-refractivity contribution in [1.29, 1.82) is 0 Å². The molecule has 0 spiro atoms. The van der Waals surface area contributed by atoms with E-state index in [9.17, 15) is 0 Å². The molecule has 336 valence electrons. The van der Waals surface area contributed by atoms with Crippen LogP contribution in [0.15, 0.2) is 283 Å². The van der Waals surface area contributed by atoms with E-state index in [-0.39, 0.29) is 32.1 Å². The predicted octanol–water partition coefficient (Wildman–Crippen LogP) is 9.55. The third kappa shape index (κ3) is 13.0. The van der Waals surface area contributed by atoms with Crippen LogP contribution in [0.5, 0.6) is 0 Å². The maximum Gasteiger partial charge on any atom is 0.372 e. The van der Waals surface area contributed by atoms with Gasteiger partial charge in [0.25, 0.3) is 0 Å². The molecule has 9 aromatic carbocycles. The zero-order valence-electron chi connectivity index (χ0n) is 39.4. The van der Waals surface area contributed by atoms with Crippen LogP contribution in [0.1, 0.15) is 39.5 Å². The van der Waals surface area contributed by atoms with E-state index in [1.54, 1.807) is 0 Å². The highest BCUT2D eigenvalue weighted by atomic mass is 127. The Balaban J connectivity index is 0.000000149. The number of rotatable bonds is 17. The minimum absolute atomic E-state index is 0.0473. The van der Waals surface area contributed by atoms with E-state index >= 15 is 0 Å². The van der Waals surface area contributed by atoms with Gasteiger partial charge in [0, 0.05) is 0 Å². The molecule has 9 rings (SSSR count). The minimum Gasteiger partial charge on any atom is -0.200 e. The molecule has 67 heavy (non-hydrogen) atoms. The standard InChI is InChI=1S/2C22H24B.C19H17IS/c2*1-2-3-19-23(20-13-7-4-8-14-20,21-15-9-5-10-16-21)22-17-11-6-12-18-22;1-4-10-17(11-5-1)20-16-21(18-12-6-2-7-13-18)19-14-8-3-9-15-19/h2*4-18H,2-3,19H2,1H3;1-15H,16H2/q2*-1;+2. The van der Waals surface area contributed by atoms with Crippen molar-refractivity contribution in [3.8, 4) is 0 Å². The quantitative estimate of drug-likeness (QED) is 0.0370. The molecule has 0 heterocycles. The fourth-order valence-electron chi connectivity index (χ4n) is 9.92. The number of alkyl halides is 1. The van der Waals surface area contributed by atoms with E-state index in [2.05, 4.69) is 287 Å². The van der Waals surface area contributed by atoms with Crippen LogP contribution in [0.3, 0.4) is 0 Å². The van der Waals surface area contributed by atoms with Crippen LogP contribution < -0.4 is 54.0 Å². The first kappa shape index (κ1) is 49.1. The molecule has 0 atom stereocenters. The summed E-state index contributed by atoms with van der Waals surface area (Å²) < 4.78 is 2.80. The van der Waals surface area contributed by atoms with Crippen molar-refractivity contribution in [3.05, 3.63) is 277 Å². The molecule has 0 aliphatic carbocycles. The average molecular weight is 1000 g/mol. The van der Waals surface area contributed by atoms with E-state index in [0.717, 1.165) is 0 Å². The summed E-state index contributed by atoms with van der Waals surface area (Å²) in [4.78, 5) is 2.92. The lowest BCUT2D eigenvalue weighted by Crippen LogP contribution is -3.63. The van der Waals surface area contributed by atoms with Gasteiger partial charge in [0.15, 0.2) is 13.4 Å². The van der Waals surface area contributed by atoms with E-state index in [0.29, 0.717) is 0 Å². The second-order valence-electron chi connectivity index (χ2n) is 17.4. The van der Waals surface area contributed by atoms with Gasteiger partial charge in [-0.05, 0) is 36.4 Å². The molecule has 0 saturated carbocycles. The summed E-state index contributed by atoms with van der Waals surface area (Å²) in [6.07, 6.45) is 5.46. The molecule has 0 aliphatic heterocycles. The van der Waals surface area contributed by atoms with E-state index in [1.807, 2.05) is 0 Å². The van der Waals surface area contributed by atoms with Crippen LogP contribution in [-0.4, -0.2) is 16.1 Å². The maximum atomic E-state index is 2.30. The molecule has 0 fully saturated rings. The molecular weight excluding hydrogens is 937 g/mol. The Morgan fingerprint density at radius 3 is 0.761 bits per heavy atom. The number of hydrogen-bond donors (Lipinski definition) is 0. The summed E-state index contributed by atoms with van der Waals surface area (Å²) in [5.74, 6) is 0. The monoisotopic (exact) mass is 1000 g/mol. The fourth-order valence-corrected chi connectivity index (χ4v) is 16.7. The Kier molecular flexibility index (Phi) is 19.4. The number of halogens is 1. The Bertz CT molecular complexity index is 2310. The molecule has 0 aromatic heterocycles. The highest BCUT2D eigenvalue weighted by Crippen LogP contribution is 2.22. The molecule has 0 nitrogen and oxygen atoms in total. The van der Waals surface area contributed by atoms with Crippen LogP contribution in [0.2, 0.25) is 12.6 Å². The summed E-state index contributed by atoms with van der Waals surface area (Å²) in [5.41, 5.74) is 8.66. The van der Waals surface area contributed by atoms with Crippen molar-refractivity contribution in [2.75, 3.05) is 3.76 Å². The first-order valence-corrected chi connectivity index (χ1v) is 28.3. The summed E-state index contributed by atoms with van der Waals surface area (Å²) >= 11 is 0.0473. The number of hydrogen-bond acceptors (Lipinski definition) is 0. The van der Waals surface area contributed by atoms with E-state index in [4.69, 9.17) is 0 Å². The van der Waals surface area contributed by atoms with Gasteiger partial charge in [-0.3, -0.25) is 0 Å². The highest BCUT2D eigenvalue weighted by molar-refractivity contribution is 7.96. The smallest absolute Gasteiger partial charge is 0.200 e. The summed E-state index contributed by atoms with van der Waals surface area (Å²) in [6, 6.07) is 99.1. The lowest BCUT2D eigenvalue weighted by molar-refractivity contribution is -0.608.